The number of carbonyl (C=O) groups excluding carboxylic acids is 2. The Morgan fingerprint density at radius 1 is 1.41 bits per heavy atom. The van der Waals surface area contributed by atoms with Crippen LogP contribution in [0.5, 0.6) is 5.88 Å². The van der Waals surface area contributed by atoms with Crippen LogP contribution in [0.3, 0.4) is 0 Å². The van der Waals surface area contributed by atoms with Gasteiger partial charge in [-0.1, -0.05) is 11.6 Å². The van der Waals surface area contributed by atoms with Crippen LogP contribution in [-0.2, 0) is 16.1 Å². The minimum absolute atomic E-state index is 0.0871. The number of rotatable bonds is 7. The Hall–Kier alpha value is -4.04. The minimum Gasteiger partial charge on any atom is -0.481 e. The molecular weight excluding hydrogens is 501 g/mol. The van der Waals surface area contributed by atoms with Gasteiger partial charge < -0.3 is 26.1 Å². The summed E-state index contributed by atoms with van der Waals surface area (Å²) < 4.78 is 19.1. The summed E-state index contributed by atoms with van der Waals surface area (Å²) in [7, 11) is 1.37. The van der Waals surface area contributed by atoms with E-state index in [9.17, 15) is 14.0 Å². The fraction of sp³-hybridized carbons (Fsp3) is 0.360. The lowest BCUT2D eigenvalue weighted by atomic mass is 9.88. The number of ether oxygens (including phenoxy) is 1. The van der Waals surface area contributed by atoms with Crippen molar-refractivity contribution < 1.29 is 18.7 Å². The van der Waals surface area contributed by atoms with E-state index >= 15 is 0 Å². The summed E-state index contributed by atoms with van der Waals surface area (Å²) in [5.74, 6) is -1.51. The Bertz CT molecular complexity index is 1340. The van der Waals surface area contributed by atoms with Gasteiger partial charge in [-0.2, -0.15) is 5.26 Å². The lowest BCUT2D eigenvalue weighted by Gasteiger charge is -2.39. The van der Waals surface area contributed by atoms with Gasteiger partial charge >= 0.3 is 0 Å². The van der Waals surface area contributed by atoms with Crippen molar-refractivity contribution in [2.45, 2.75) is 37.8 Å². The SMILES string of the molecule is COc1cc(C(=N)C=C(N)C(=O)N2CCC(C(=O)NCc3ncc(C#N)cc3Cl)CC23CC3)c(F)cn1. The van der Waals surface area contributed by atoms with E-state index in [0.717, 1.165) is 25.1 Å². The molecule has 4 rings (SSSR count). The number of amides is 2. The van der Waals surface area contributed by atoms with Crippen LogP contribution in [0.2, 0.25) is 5.02 Å². The molecule has 2 aromatic heterocycles. The molecule has 0 bridgehead atoms. The Balaban J connectivity index is 1.39. The average Bonchev–Trinajstić information content (AvgIpc) is 3.66. The van der Waals surface area contributed by atoms with Crippen LogP contribution in [0, 0.1) is 28.5 Å². The first-order chi connectivity index (χ1) is 17.7. The number of allylic oxidation sites excluding steroid dienone is 1. The van der Waals surface area contributed by atoms with Gasteiger partial charge in [0.25, 0.3) is 5.91 Å². The third kappa shape index (κ3) is 5.54. The number of nitrogens with one attached hydrogen (secondary N) is 2. The number of nitriles is 1. The topological polar surface area (TPSA) is 158 Å². The Kier molecular flexibility index (Phi) is 7.40. The first kappa shape index (κ1) is 26.0. The van der Waals surface area contributed by atoms with E-state index in [1.165, 1.54) is 25.4 Å². The van der Waals surface area contributed by atoms with Crippen LogP contribution < -0.4 is 15.8 Å². The summed E-state index contributed by atoms with van der Waals surface area (Å²) in [6.07, 6.45) is 5.87. The van der Waals surface area contributed by atoms with Gasteiger partial charge in [0.1, 0.15) is 6.07 Å². The summed E-state index contributed by atoms with van der Waals surface area (Å²) in [5.41, 5.74) is 5.82. The standard InChI is InChI=1S/C25H25ClFN7O3/c1-37-22-7-16(18(27)12-32-22)19(29)8-20(30)24(36)34-5-2-15(9-25(34)3-4-25)23(35)33-13-21-17(26)6-14(10-28)11-31-21/h6-8,11-12,15,29H,2-5,9,13,30H2,1H3,(H,33,35). The zero-order chi connectivity index (χ0) is 26.7. The third-order valence-corrected chi connectivity index (χ3v) is 7.02. The maximum absolute atomic E-state index is 14.2. The highest BCUT2D eigenvalue weighted by atomic mass is 35.5. The molecule has 10 nitrogen and oxygen atoms in total. The van der Waals surface area contributed by atoms with Crippen LogP contribution in [0.15, 0.2) is 36.3 Å². The molecule has 2 aliphatic rings. The van der Waals surface area contributed by atoms with Gasteiger partial charge in [0.05, 0.1) is 47.5 Å². The van der Waals surface area contributed by atoms with Gasteiger partial charge in [-0.05, 0) is 37.8 Å². The molecular formula is C25H25ClFN7O3. The van der Waals surface area contributed by atoms with Crippen molar-refractivity contribution in [2.24, 2.45) is 11.7 Å². The highest BCUT2D eigenvalue weighted by Gasteiger charge is 2.54. The third-order valence-electron chi connectivity index (χ3n) is 6.70. The molecule has 1 saturated carbocycles. The number of likely N-dealkylation sites (tertiary alicyclic amines) is 1. The first-order valence-corrected chi connectivity index (χ1v) is 11.9. The second-order valence-electron chi connectivity index (χ2n) is 9.07. The molecule has 3 heterocycles. The molecule has 12 heteroatoms. The van der Waals surface area contributed by atoms with Crippen molar-refractivity contribution in [2.75, 3.05) is 13.7 Å². The number of pyridine rings is 2. The number of nitrogens with zero attached hydrogens (tertiary/aromatic N) is 4. The Morgan fingerprint density at radius 3 is 2.81 bits per heavy atom. The van der Waals surface area contributed by atoms with E-state index in [0.29, 0.717) is 35.7 Å². The maximum Gasteiger partial charge on any atom is 0.270 e. The van der Waals surface area contributed by atoms with Gasteiger partial charge in [0.15, 0.2) is 5.82 Å². The zero-order valence-corrected chi connectivity index (χ0v) is 20.8. The van der Waals surface area contributed by atoms with E-state index in [1.54, 1.807) is 4.90 Å². The van der Waals surface area contributed by atoms with Crippen LogP contribution in [-0.4, -0.2) is 51.6 Å². The monoisotopic (exact) mass is 525 g/mol. The molecule has 1 aliphatic heterocycles. The van der Waals surface area contributed by atoms with Gasteiger partial charge in [-0.25, -0.2) is 9.37 Å². The first-order valence-electron chi connectivity index (χ1n) is 11.6. The smallest absolute Gasteiger partial charge is 0.270 e. The number of methoxy groups -OCH3 is 1. The molecule has 37 heavy (non-hydrogen) atoms. The predicted molar refractivity (Wildman–Crippen MR) is 132 cm³/mol. The highest BCUT2D eigenvalue weighted by molar-refractivity contribution is 6.31. The molecule has 1 aliphatic carbocycles. The number of piperidine rings is 1. The lowest BCUT2D eigenvalue weighted by Crippen LogP contribution is -2.51. The largest absolute Gasteiger partial charge is 0.481 e. The van der Waals surface area contributed by atoms with Crippen molar-refractivity contribution in [1.82, 2.24) is 20.2 Å². The normalized spacial score (nSPS) is 18.2. The predicted octanol–water partition coefficient (Wildman–Crippen LogP) is 2.45. The van der Waals surface area contributed by atoms with E-state index in [1.807, 2.05) is 6.07 Å². The molecule has 2 aromatic rings. The van der Waals surface area contributed by atoms with Crippen molar-refractivity contribution >= 4 is 29.1 Å². The molecule has 1 saturated heterocycles. The number of carbonyl (C=O) groups is 2. The lowest BCUT2D eigenvalue weighted by molar-refractivity contribution is -0.137. The molecule has 1 unspecified atom stereocenters. The van der Waals surface area contributed by atoms with Crippen molar-refractivity contribution in [3.63, 3.8) is 0 Å². The van der Waals surface area contributed by atoms with Crippen molar-refractivity contribution in [3.05, 3.63) is 64.0 Å². The highest BCUT2D eigenvalue weighted by Crippen LogP contribution is 2.50. The Labute approximate surface area is 217 Å². The molecule has 192 valence electrons. The van der Waals surface area contributed by atoms with E-state index in [2.05, 4.69) is 15.3 Å². The molecule has 0 aromatic carbocycles. The number of aromatic nitrogens is 2. The summed E-state index contributed by atoms with van der Waals surface area (Å²) in [4.78, 5) is 35.6. The maximum atomic E-state index is 14.2. The van der Waals surface area contributed by atoms with Crippen LogP contribution in [0.25, 0.3) is 0 Å². The van der Waals surface area contributed by atoms with E-state index in [-0.39, 0.29) is 41.2 Å². The quantitative estimate of drug-likeness (QED) is 0.370. The van der Waals surface area contributed by atoms with Crippen LogP contribution in [0.4, 0.5) is 4.39 Å². The molecule has 0 radical (unpaired) electrons. The van der Waals surface area contributed by atoms with Gasteiger partial charge in [-0.3, -0.25) is 14.6 Å². The van der Waals surface area contributed by atoms with Crippen molar-refractivity contribution in [3.8, 4) is 11.9 Å². The second-order valence-corrected chi connectivity index (χ2v) is 9.48. The number of nitrogens with two attached hydrogens (primary N) is 1. The van der Waals surface area contributed by atoms with Gasteiger partial charge in [0.2, 0.25) is 11.8 Å². The summed E-state index contributed by atoms with van der Waals surface area (Å²) >= 11 is 6.14. The van der Waals surface area contributed by atoms with Gasteiger partial charge in [-0.15, -0.1) is 0 Å². The van der Waals surface area contributed by atoms with Crippen LogP contribution >= 0.6 is 11.6 Å². The second kappa shape index (κ2) is 10.5. The van der Waals surface area contributed by atoms with Crippen molar-refractivity contribution in [1.29, 1.82) is 10.7 Å². The summed E-state index contributed by atoms with van der Waals surface area (Å²) in [6, 6.07) is 4.72. The van der Waals surface area contributed by atoms with E-state index < -0.39 is 17.3 Å². The molecule has 4 N–H and O–H groups in total. The fourth-order valence-corrected chi connectivity index (χ4v) is 4.75. The summed E-state index contributed by atoms with van der Waals surface area (Å²) in [6.45, 7) is 0.454. The number of halogens is 2. The molecule has 1 spiro atoms. The van der Waals surface area contributed by atoms with Crippen LogP contribution in [0.1, 0.15) is 42.5 Å². The Morgan fingerprint density at radius 2 is 2.16 bits per heavy atom. The number of hydrogen-bond donors (Lipinski definition) is 3. The minimum atomic E-state index is -0.731. The molecule has 2 amide bonds. The van der Waals surface area contributed by atoms with E-state index in [4.69, 9.17) is 32.7 Å². The summed E-state index contributed by atoms with van der Waals surface area (Å²) in [5, 5.41) is 20.3. The zero-order valence-electron chi connectivity index (χ0n) is 20.1. The molecule has 1 atom stereocenters. The fourth-order valence-electron chi connectivity index (χ4n) is 4.51. The number of hydrogen-bond acceptors (Lipinski definition) is 8. The average molecular weight is 526 g/mol. The van der Waals surface area contributed by atoms with Gasteiger partial charge in [0, 0.05) is 35.8 Å². The molecule has 2 fully saturated rings.